The second-order valence-corrected chi connectivity index (χ2v) is 3.52. The van der Waals surface area contributed by atoms with Gasteiger partial charge in [0.15, 0.2) is 11.0 Å². The molecule has 4 nitrogen and oxygen atoms in total. The van der Waals surface area contributed by atoms with E-state index in [4.69, 9.17) is 17.3 Å². The summed E-state index contributed by atoms with van der Waals surface area (Å²) in [7, 11) is 1.77. The highest BCUT2D eigenvalue weighted by Crippen LogP contribution is 2.39. The third kappa shape index (κ3) is 1.54. The molecule has 1 saturated carbocycles. The van der Waals surface area contributed by atoms with Crippen LogP contribution in [-0.2, 0) is 0 Å². The fraction of sp³-hybridized carbons (Fsp3) is 0.500. The average molecular weight is 199 g/mol. The van der Waals surface area contributed by atoms with Gasteiger partial charge in [0.25, 0.3) is 0 Å². The molecule has 1 aliphatic carbocycles. The van der Waals surface area contributed by atoms with E-state index in [9.17, 15) is 0 Å². The van der Waals surface area contributed by atoms with Crippen LogP contribution in [0.4, 0.5) is 11.5 Å². The molecule has 3 N–H and O–H groups in total. The van der Waals surface area contributed by atoms with E-state index in [0.717, 1.165) is 18.7 Å². The molecular weight excluding hydrogens is 188 g/mol. The molecular formula is C8H11ClN4. The lowest BCUT2D eigenvalue weighted by atomic mass is 10.3. The summed E-state index contributed by atoms with van der Waals surface area (Å²) in [4.78, 5) is 8.41. The third-order valence-electron chi connectivity index (χ3n) is 2.10. The van der Waals surface area contributed by atoms with Crippen LogP contribution in [0.5, 0.6) is 0 Å². The van der Waals surface area contributed by atoms with Gasteiger partial charge in [-0.15, -0.1) is 0 Å². The molecule has 1 fully saturated rings. The Morgan fingerprint density at radius 1 is 1.46 bits per heavy atom. The summed E-state index contributed by atoms with van der Waals surface area (Å²) in [5, 5.41) is 3.25. The molecule has 0 aliphatic heterocycles. The highest BCUT2D eigenvalue weighted by Gasteiger charge is 2.27. The maximum atomic E-state index is 5.85. The van der Waals surface area contributed by atoms with Crippen LogP contribution in [0, 0.1) is 0 Å². The molecule has 5 heteroatoms. The molecule has 1 heterocycles. The first-order valence-corrected chi connectivity index (χ1v) is 4.61. The molecule has 1 aliphatic rings. The van der Waals surface area contributed by atoms with Crippen LogP contribution < -0.4 is 11.1 Å². The maximum Gasteiger partial charge on any atom is 0.157 e. The highest BCUT2D eigenvalue weighted by molar-refractivity contribution is 6.32. The van der Waals surface area contributed by atoms with Gasteiger partial charge in [-0.05, 0) is 12.8 Å². The van der Waals surface area contributed by atoms with Crippen molar-refractivity contribution >= 4 is 23.1 Å². The number of anilines is 2. The Morgan fingerprint density at radius 3 is 2.69 bits per heavy atom. The van der Waals surface area contributed by atoms with Crippen LogP contribution in [0.15, 0.2) is 0 Å². The molecule has 2 rings (SSSR count). The van der Waals surface area contributed by atoms with Crippen molar-refractivity contribution in [2.24, 2.45) is 0 Å². The Kier molecular flexibility index (Phi) is 2.00. The van der Waals surface area contributed by atoms with Gasteiger partial charge in [-0.2, -0.15) is 0 Å². The lowest BCUT2D eigenvalue weighted by Crippen LogP contribution is -2.04. The lowest BCUT2D eigenvalue weighted by molar-refractivity contribution is 0.931. The van der Waals surface area contributed by atoms with E-state index in [0.29, 0.717) is 22.6 Å². The fourth-order valence-corrected chi connectivity index (χ4v) is 1.35. The van der Waals surface area contributed by atoms with Crippen molar-refractivity contribution in [3.63, 3.8) is 0 Å². The van der Waals surface area contributed by atoms with Gasteiger partial charge in [-0.1, -0.05) is 11.6 Å². The van der Waals surface area contributed by atoms with Crippen LogP contribution in [0.1, 0.15) is 24.6 Å². The lowest BCUT2D eigenvalue weighted by Gasteiger charge is -2.06. The monoisotopic (exact) mass is 198 g/mol. The Balaban J connectivity index is 2.43. The van der Waals surface area contributed by atoms with Crippen LogP contribution in [0.3, 0.4) is 0 Å². The maximum absolute atomic E-state index is 5.85. The van der Waals surface area contributed by atoms with Crippen LogP contribution in [-0.4, -0.2) is 17.0 Å². The van der Waals surface area contributed by atoms with Gasteiger partial charge in [-0.25, -0.2) is 9.97 Å². The number of aromatic nitrogens is 2. The minimum atomic E-state index is 0.348. The summed E-state index contributed by atoms with van der Waals surface area (Å²) in [5.74, 6) is 1.93. The number of hydrogen-bond acceptors (Lipinski definition) is 4. The predicted octanol–water partition coefficient (Wildman–Crippen LogP) is 1.63. The Bertz CT molecular complexity index is 335. The van der Waals surface area contributed by atoms with Gasteiger partial charge in [-0.3, -0.25) is 0 Å². The largest absolute Gasteiger partial charge is 0.393 e. The van der Waals surface area contributed by atoms with E-state index in [1.54, 1.807) is 7.05 Å². The van der Waals surface area contributed by atoms with Crippen molar-refractivity contribution in [1.82, 2.24) is 9.97 Å². The van der Waals surface area contributed by atoms with Crippen molar-refractivity contribution in [1.29, 1.82) is 0 Å². The second kappa shape index (κ2) is 3.03. The van der Waals surface area contributed by atoms with Crippen LogP contribution >= 0.6 is 11.6 Å². The number of nitrogens with one attached hydrogen (secondary N) is 1. The van der Waals surface area contributed by atoms with E-state index in [2.05, 4.69) is 15.3 Å². The Morgan fingerprint density at radius 2 is 2.15 bits per heavy atom. The molecule has 0 spiro atoms. The molecule has 70 valence electrons. The van der Waals surface area contributed by atoms with Gasteiger partial charge in [0.2, 0.25) is 0 Å². The molecule has 0 radical (unpaired) electrons. The van der Waals surface area contributed by atoms with Crippen molar-refractivity contribution in [3.05, 3.63) is 11.0 Å². The standard InChI is InChI=1S/C8H11ClN4/c1-11-8-5(10)6(9)12-7(13-8)4-2-3-4/h4H,2-3,10H2,1H3,(H,11,12,13). The van der Waals surface area contributed by atoms with Crippen molar-refractivity contribution in [2.75, 3.05) is 18.1 Å². The number of halogens is 1. The summed E-state index contributed by atoms with van der Waals surface area (Å²) >= 11 is 5.85. The number of nitrogens with two attached hydrogens (primary N) is 1. The Labute approximate surface area is 81.5 Å². The van der Waals surface area contributed by atoms with Gasteiger partial charge in [0.1, 0.15) is 11.5 Å². The summed E-state index contributed by atoms with van der Waals surface area (Å²) in [6.45, 7) is 0. The summed E-state index contributed by atoms with van der Waals surface area (Å²) in [5.41, 5.74) is 6.09. The molecule has 1 aromatic rings. The quantitative estimate of drug-likeness (QED) is 0.709. The number of nitrogen functional groups attached to an aromatic ring is 1. The number of hydrogen-bond donors (Lipinski definition) is 2. The molecule has 0 atom stereocenters. The van der Waals surface area contributed by atoms with Crippen molar-refractivity contribution in [3.8, 4) is 0 Å². The van der Waals surface area contributed by atoms with Gasteiger partial charge in [0.05, 0.1) is 0 Å². The van der Waals surface area contributed by atoms with Crippen LogP contribution in [0.25, 0.3) is 0 Å². The van der Waals surface area contributed by atoms with E-state index in [-0.39, 0.29) is 0 Å². The molecule has 0 bridgehead atoms. The van der Waals surface area contributed by atoms with E-state index < -0.39 is 0 Å². The summed E-state index contributed by atoms with van der Waals surface area (Å²) < 4.78 is 0. The zero-order valence-electron chi connectivity index (χ0n) is 7.34. The van der Waals surface area contributed by atoms with E-state index >= 15 is 0 Å². The summed E-state index contributed by atoms with van der Waals surface area (Å²) in [6.07, 6.45) is 2.31. The van der Waals surface area contributed by atoms with E-state index in [1.165, 1.54) is 0 Å². The normalized spacial score (nSPS) is 15.8. The molecule has 0 amide bonds. The SMILES string of the molecule is CNc1nc(C2CC2)nc(Cl)c1N. The van der Waals surface area contributed by atoms with Gasteiger partial charge >= 0.3 is 0 Å². The highest BCUT2D eigenvalue weighted by atomic mass is 35.5. The molecule has 0 saturated heterocycles. The van der Waals surface area contributed by atoms with Gasteiger partial charge in [0, 0.05) is 13.0 Å². The molecule has 0 aromatic carbocycles. The number of rotatable bonds is 2. The predicted molar refractivity (Wildman–Crippen MR) is 53.0 cm³/mol. The van der Waals surface area contributed by atoms with Gasteiger partial charge < -0.3 is 11.1 Å². The zero-order chi connectivity index (χ0) is 9.42. The van der Waals surface area contributed by atoms with Crippen molar-refractivity contribution in [2.45, 2.75) is 18.8 Å². The first-order valence-electron chi connectivity index (χ1n) is 4.23. The fourth-order valence-electron chi connectivity index (χ4n) is 1.17. The first kappa shape index (κ1) is 8.56. The smallest absolute Gasteiger partial charge is 0.157 e. The van der Waals surface area contributed by atoms with Crippen LogP contribution in [0.2, 0.25) is 5.15 Å². The zero-order valence-corrected chi connectivity index (χ0v) is 8.10. The first-order chi connectivity index (χ1) is 6.22. The van der Waals surface area contributed by atoms with Crippen molar-refractivity contribution < 1.29 is 0 Å². The Hall–Kier alpha value is -1.03. The third-order valence-corrected chi connectivity index (χ3v) is 2.38. The molecule has 0 unspecified atom stereocenters. The minimum Gasteiger partial charge on any atom is -0.393 e. The topological polar surface area (TPSA) is 63.8 Å². The number of nitrogens with zero attached hydrogens (tertiary/aromatic N) is 2. The minimum absolute atomic E-state index is 0.348. The second-order valence-electron chi connectivity index (χ2n) is 3.16. The molecule has 1 aromatic heterocycles. The average Bonchev–Trinajstić information content (AvgIpc) is 2.92. The summed E-state index contributed by atoms with van der Waals surface area (Å²) in [6, 6.07) is 0. The molecule has 13 heavy (non-hydrogen) atoms. The van der Waals surface area contributed by atoms with E-state index in [1.807, 2.05) is 0 Å².